The van der Waals surface area contributed by atoms with Crippen molar-refractivity contribution in [3.63, 3.8) is 0 Å². The standard InChI is InChI=1S/C10H11N3S/c1-6-3-9(13-10(11)12-6)8-4-7(2)14-5-8/h3-5H,1-2H3,(H2,11,12,13). The second kappa shape index (κ2) is 3.38. The van der Waals surface area contributed by atoms with E-state index in [-0.39, 0.29) is 0 Å². The predicted molar refractivity (Wildman–Crippen MR) is 59.2 cm³/mol. The largest absolute Gasteiger partial charge is 0.368 e. The maximum atomic E-state index is 5.58. The average Bonchev–Trinajstić information content (AvgIpc) is 2.50. The van der Waals surface area contributed by atoms with Gasteiger partial charge in [0.25, 0.3) is 0 Å². The molecule has 2 heterocycles. The lowest BCUT2D eigenvalue weighted by atomic mass is 10.2. The highest BCUT2D eigenvalue weighted by Crippen LogP contribution is 2.24. The van der Waals surface area contributed by atoms with Crippen LogP contribution in [0.2, 0.25) is 0 Å². The summed E-state index contributed by atoms with van der Waals surface area (Å²) in [6.45, 7) is 3.99. The number of hydrogen-bond donors (Lipinski definition) is 1. The van der Waals surface area contributed by atoms with Crippen LogP contribution in [0.5, 0.6) is 0 Å². The van der Waals surface area contributed by atoms with E-state index in [0.29, 0.717) is 5.95 Å². The number of hydrogen-bond acceptors (Lipinski definition) is 4. The molecule has 14 heavy (non-hydrogen) atoms. The summed E-state index contributed by atoms with van der Waals surface area (Å²) >= 11 is 1.71. The van der Waals surface area contributed by atoms with Crippen molar-refractivity contribution < 1.29 is 0 Å². The molecule has 0 fully saturated rings. The molecule has 0 aromatic carbocycles. The van der Waals surface area contributed by atoms with Gasteiger partial charge in [-0.3, -0.25) is 0 Å². The molecule has 0 saturated carbocycles. The minimum Gasteiger partial charge on any atom is -0.368 e. The molecule has 0 bridgehead atoms. The molecule has 0 amide bonds. The molecule has 72 valence electrons. The second-order valence-electron chi connectivity index (χ2n) is 3.20. The van der Waals surface area contributed by atoms with E-state index in [2.05, 4.69) is 28.3 Å². The predicted octanol–water partition coefficient (Wildman–Crippen LogP) is 2.40. The van der Waals surface area contributed by atoms with Crippen LogP contribution in [0.1, 0.15) is 10.6 Å². The summed E-state index contributed by atoms with van der Waals surface area (Å²) in [5.41, 5.74) is 8.50. The molecular formula is C10H11N3S. The van der Waals surface area contributed by atoms with Crippen molar-refractivity contribution >= 4 is 17.3 Å². The van der Waals surface area contributed by atoms with Crippen molar-refractivity contribution in [3.05, 3.63) is 28.1 Å². The van der Waals surface area contributed by atoms with Crippen molar-refractivity contribution in [1.82, 2.24) is 9.97 Å². The van der Waals surface area contributed by atoms with Crippen LogP contribution in [0.25, 0.3) is 11.3 Å². The van der Waals surface area contributed by atoms with E-state index in [0.717, 1.165) is 17.0 Å². The summed E-state index contributed by atoms with van der Waals surface area (Å²) in [6.07, 6.45) is 0. The molecule has 2 N–H and O–H groups in total. The van der Waals surface area contributed by atoms with Crippen molar-refractivity contribution in [2.75, 3.05) is 5.73 Å². The van der Waals surface area contributed by atoms with Crippen molar-refractivity contribution in [3.8, 4) is 11.3 Å². The van der Waals surface area contributed by atoms with E-state index in [1.54, 1.807) is 11.3 Å². The van der Waals surface area contributed by atoms with Crippen molar-refractivity contribution in [2.45, 2.75) is 13.8 Å². The molecule has 0 spiro atoms. The van der Waals surface area contributed by atoms with E-state index in [1.807, 2.05) is 13.0 Å². The summed E-state index contributed by atoms with van der Waals surface area (Å²) < 4.78 is 0. The molecule has 2 rings (SSSR count). The zero-order valence-electron chi connectivity index (χ0n) is 8.11. The first-order chi connectivity index (χ1) is 6.65. The lowest BCUT2D eigenvalue weighted by molar-refractivity contribution is 1.12. The van der Waals surface area contributed by atoms with Gasteiger partial charge in [-0.15, -0.1) is 11.3 Å². The first kappa shape index (κ1) is 9.15. The normalized spacial score (nSPS) is 10.4. The van der Waals surface area contributed by atoms with Gasteiger partial charge in [0.05, 0.1) is 5.69 Å². The summed E-state index contributed by atoms with van der Waals surface area (Å²) in [4.78, 5) is 9.50. The summed E-state index contributed by atoms with van der Waals surface area (Å²) in [7, 11) is 0. The van der Waals surface area contributed by atoms with Gasteiger partial charge in [0, 0.05) is 21.5 Å². The fourth-order valence-electron chi connectivity index (χ4n) is 1.32. The van der Waals surface area contributed by atoms with Gasteiger partial charge >= 0.3 is 0 Å². The Morgan fingerprint density at radius 2 is 2.00 bits per heavy atom. The molecular weight excluding hydrogens is 194 g/mol. The van der Waals surface area contributed by atoms with E-state index >= 15 is 0 Å². The molecule has 0 aliphatic heterocycles. The third-order valence-electron chi connectivity index (χ3n) is 1.90. The Bertz CT molecular complexity index is 442. The molecule has 0 saturated heterocycles. The molecule has 4 heteroatoms. The van der Waals surface area contributed by atoms with Crippen LogP contribution in [0, 0.1) is 13.8 Å². The fraction of sp³-hybridized carbons (Fsp3) is 0.200. The van der Waals surface area contributed by atoms with Crippen molar-refractivity contribution in [2.24, 2.45) is 0 Å². The highest BCUT2D eigenvalue weighted by Gasteiger charge is 2.03. The zero-order valence-corrected chi connectivity index (χ0v) is 8.93. The van der Waals surface area contributed by atoms with E-state index < -0.39 is 0 Å². The number of aryl methyl sites for hydroxylation is 2. The van der Waals surface area contributed by atoms with Crippen LogP contribution in [-0.4, -0.2) is 9.97 Å². The van der Waals surface area contributed by atoms with Crippen molar-refractivity contribution in [1.29, 1.82) is 0 Å². The number of nitrogens with zero attached hydrogens (tertiary/aromatic N) is 2. The quantitative estimate of drug-likeness (QED) is 0.777. The number of rotatable bonds is 1. The zero-order chi connectivity index (χ0) is 10.1. The monoisotopic (exact) mass is 205 g/mol. The highest BCUT2D eigenvalue weighted by atomic mass is 32.1. The number of aromatic nitrogens is 2. The smallest absolute Gasteiger partial charge is 0.220 e. The highest BCUT2D eigenvalue weighted by molar-refractivity contribution is 7.10. The minimum atomic E-state index is 0.337. The number of nitrogen functional groups attached to an aromatic ring is 1. The summed E-state index contributed by atoms with van der Waals surface area (Å²) in [5.74, 6) is 0.337. The van der Waals surface area contributed by atoms with Crippen LogP contribution in [-0.2, 0) is 0 Å². The van der Waals surface area contributed by atoms with Gasteiger partial charge < -0.3 is 5.73 Å². The molecule has 0 unspecified atom stereocenters. The van der Waals surface area contributed by atoms with Gasteiger partial charge in [0.15, 0.2) is 0 Å². The third kappa shape index (κ3) is 1.75. The minimum absolute atomic E-state index is 0.337. The van der Waals surface area contributed by atoms with Crippen LogP contribution in [0.15, 0.2) is 17.5 Å². The number of nitrogens with two attached hydrogens (primary N) is 1. The first-order valence-electron chi connectivity index (χ1n) is 4.32. The van der Waals surface area contributed by atoms with Gasteiger partial charge in [-0.2, -0.15) is 0 Å². The Balaban J connectivity index is 2.51. The van der Waals surface area contributed by atoms with E-state index in [9.17, 15) is 0 Å². The summed E-state index contributed by atoms with van der Waals surface area (Å²) in [5, 5.41) is 2.08. The Hall–Kier alpha value is -1.42. The van der Waals surface area contributed by atoms with Gasteiger partial charge in [0.1, 0.15) is 0 Å². The Labute approximate surface area is 86.6 Å². The van der Waals surface area contributed by atoms with Gasteiger partial charge in [0.2, 0.25) is 5.95 Å². The second-order valence-corrected chi connectivity index (χ2v) is 4.31. The van der Waals surface area contributed by atoms with Gasteiger partial charge in [-0.05, 0) is 26.0 Å². The van der Waals surface area contributed by atoms with Gasteiger partial charge in [-0.1, -0.05) is 0 Å². The van der Waals surface area contributed by atoms with Gasteiger partial charge in [-0.25, -0.2) is 9.97 Å². The molecule has 3 nitrogen and oxygen atoms in total. The molecule has 0 aliphatic carbocycles. The summed E-state index contributed by atoms with van der Waals surface area (Å²) in [6, 6.07) is 4.05. The van der Waals surface area contributed by atoms with Crippen LogP contribution < -0.4 is 5.73 Å². The molecule has 2 aromatic rings. The lowest BCUT2D eigenvalue weighted by Gasteiger charge is -1.99. The molecule has 2 aromatic heterocycles. The Morgan fingerprint density at radius 3 is 2.57 bits per heavy atom. The van der Waals surface area contributed by atoms with Crippen LogP contribution >= 0.6 is 11.3 Å². The average molecular weight is 205 g/mol. The third-order valence-corrected chi connectivity index (χ3v) is 2.76. The number of thiophene rings is 1. The van der Waals surface area contributed by atoms with Crippen LogP contribution in [0.4, 0.5) is 5.95 Å². The fourth-order valence-corrected chi connectivity index (χ4v) is 2.01. The van der Waals surface area contributed by atoms with Crippen LogP contribution in [0.3, 0.4) is 0 Å². The molecule has 0 aliphatic rings. The van der Waals surface area contributed by atoms with E-state index in [4.69, 9.17) is 5.73 Å². The SMILES string of the molecule is Cc1cc(-c2csc(C)c2)nc(N)n1. The Morgan fingerprint density at radius 1 is 1.21 bits per heavy atom. The maximum Gasteiger partial charge on any atom is 0.220 e. The molecule has 0 radical (unpaired) electrons. The van der Waals surface area contributed by atoms with E-state index in [1.165, 1.54) is 4.88 Å². The molecule has 0 atom stereocenters. The Kier molecular flexibility index (Phi) is 2.21. The number of anilines is 1. The topological polar surface area (TPSA) is 51.8 Å². The maximum absolute atomic E-state index is 5.58. The lowest BCUT2D eigenvalue weighted by Crippen LogP contribution is -1.97. The first-order valence-corrected chi connectivity index (χ1v) is 5.20.